The summed E-state index contributed by atoms with van der Waals surface area (Å²) in [7, 11) is 2.07. The molecule has 1 unspecified atom stereocenters. The van der Waals surface area contributed by atoms with E-state index in [1.165, 1.54) is 0 Å². The monoisotopic (exact) mass is 337 g/mol. The van der Waals surface area contributed by atoms with E-state index in [1.54, 1.807) is 6.92 Å². The number of hydrogen-bond donors (Lipinski definition) is 1. The standard InChI is InChI=1S/C16H27N5O3/c1-12-17-15(19-24-12)10-20(2)14-3-6-21(9-14)11-16(22)18-13-4-7-23-8-5-13/h13-14H,3-11H2,1-2H3,(H,18,22). The number of likely N-dealkylation sites (tertiary alicyclic amines) is 1. The van der Waals surface area contributed by atoms with E-state index in [2.05, 4.69) is 32.3 Å². The summed E-state index contributed by atoms with van der Waals surface area (Å²) >= 11 is 0. The lowest BCUT2D eigenvalue weighted by Crippen LogP contribution is -2.44. The molecule has 1 N–H and O–H groups in total. The van der Waals surface area contributed by atoms with Crippen LogP contribution in [0, 0.1) is 6.92 Å². The first-order valence-corrected chi connectivity index (χ1v) is 8.69. The fraction of sp³-hybridized carbons (Fsp3) is 0.812. The number of aryl methyl sites for hydroxylation is 1. The minimum absolute atomic E-state index is 0.124. The molecule has 8 nitrogen and oxygen atoms in total. The number of nitrogens with one attached hydrogen (secondary N) is 1. The van der Waals surface area contributed by atoms with Gasteiger partial charge in [0.1, 0.15) is 0 Å². The molecule has 3 heterocycles. The number of aromatic nitrogens is 2. The molecule has 0 saturated carbocycles. The van der Waals surface area contributed by atoms with Crippen molar-refractivity contribution in [1.82, 2.24) is 25.3 Å². The Balaban J connectivity index is 1.40. The van der Waals surface area contributed by atoms with Gasteiger partial charge < -0.3 is 14.6 Å². The van der Waals surface area contributed by atoms with Gasteiger partial charge in [0.15, 0.2) is 5.82 Å². The Morgan fingerprint density at radius 3 is 2.88 bits per heavy atom. The zero-order chi connectivity index (χ0) is 16.9. The Morgan fingerprint density at radius 2 is 2.17 bits per heavy atom. The molecule has 0 aromatic carbocycles. The van der Waals surface area contributed by atoms with Gasteiger partial charge in [-0.05, 0) is 26.3 Å². The van der Waals surface area contributed by atoms with E-state index in [-0.39, 0.29) is 11.9 Å². The number of carbonyl (C=O) groups is 1. The van der Waals surface area contributed by atoms with Crippen molar-refractivity contribution in [3.05, 3.63) is 11.7 Å². The van der Waals surface area contributed by atoms with Gasteiger partial charge in [-0.1, -0.05) is 5.16 Å². The molecule has 2 fully saturated rings. The van der Waals surface area contributed by atoms with E-state index < -0.39 is 0 Å². The Labute approximate surface area is 142 Å². The van der Waals surface area contributed by atoms with Crippen LogP contribution in [0.5, 0.6) is 0 Å². The fourth-order valence-corrected chi connectivity index (χ4v) is 3.39. The molecule has 134 valence electrons. The highest BCUT2D eigenvalue weighted by atomic mass is 16.5. The van der Waals surface area contributed by atoms with Crippen molar-refractivity contribution in [2.75, 3.05) is 39.9 Å². The van der Waals surface area contributed by atoms with Gasteiger partial charge in [0.05, 0.1) is 13.1 Å². The van der Waals surface area contributed by atoms with E-state index in [0.29, 0.717) is 30.8 Å². The third kappa shape index (κ3) is 4.75. The second-order valence-corrected chi connectivity index (χ2v) is 6.78. The second kappa shape index (κ2) is 8.04. The molecule has 2 aliphatic rings. The zero-order valence-corrected chi connectivity index (χ0v) is 14.5. The maximum atomic E-state index is 12.2. The van der Waals surface area contributed by atoms with Crippen LogP contribution in [0.2, 0.25) is 0 Å². The third-order valence-corrected chi connectivity index (χ3v) is 4.78. The first kappa shape index (κ1) is 17.3. The SMILES string of the molecule is Cc1nc(CN(C)C2CCN(CC(=O)NC3CCOCC3)C2)no1. The van der Waals surface area contributed by atoms with Crippen molar-refractivity contribution in [2.45, 2.75) is 44.8 Å². The van der Waals surface area contributed by atoms with Crippen LogP contribution in [0.3, 0.4) is 0 Å². The second-order valence-electron chi connectivity index (χ2n) is 6.78. The first-order valence-electron chi connectivity index (χ1n) is 8.69. The fourth-order valence-electron chi connectivity index (χ4n) is 3.39. The van der Waals surface area contributed by atoms with Crippen LogP contribution in [-0.4, -0.2) is 77.8 Å². The predicted octanol–water partition coefficient (Wildman–Crippen LogP) is 0.179. The number of amides is 1. The molecule has 24 heavy (non-hydrogen) atoms. The maximum absolute atomic E-state index is 12.2. The van der Waals surface area contributed by atoms with Gasteiger partial charge in [0.25, 0.3) is 0 Å². The van der Waals surface area contributed by atoms with E-state index >= 15 is 0 Å². The number of hydrogen-bond acceptors (Lipinski definition) is 7. The van der Waals surface area contributed by atoms with Crippen molar-refractivity contribution >= 4 is 5.91 Å². The van der Waals surface area contributed by atoms with E-state index in [1.807, 2.05) is 0 Å². The average Bonchev–Trinajstić information content (AvgIpc) is 3.17. The summed E-state index contributed by atoms with van der Waals surface area (Å²) in [6, 6.07) is 0.688. The summed E-state index contributed by atoms with van der Waals surface area (Å²) in [6.45, 7) is 6.28. The summed E-state index contributed by atoms with van der Waals surface area (Å²) in [5.41, 5.74) is 0. The van der Waals surface area contributed by atoms with Gasteiger partial charge >= 0.3 is 0 Å². The van der Waals surface area contributed by atoms with Gasteiger partial charge in [0, 0.05) is 45.3 Å². The molecule has 1 atom stereocenters. The molecule has 1 aromatic rings. The summed E-state index contributed by atoms with van der Waals surface area (Å²) in [4.78, 5) is 20.9. The number of carbonyl (C=O) groups excluding carboxylic acids is 1. The van der Waals surface area contributed by atoms with Crippen LogP contribution in [-0.2, 0) is 16.1 Å². The molecule has 1 amide bonds. The van der Waals surface area contributed by atoms with E-state index in [9.17, 15) is 4.79 Å². The van der Waals surface area contributed by atoms with Crippen molar-refractivity contribution in [3.8, 4) is 0 Å². The quantitative estimate of drug-likeness (QED) is 0.793. The number of ether oxygens (including phenoxy) is 1. The summed E-state index contributed by atoms with van der Waals surface area (Å²) in [5.74, 6) is 1.43. The van der Waals surface area contributed by atoms with E-state index in [4.69, 9.17) is 9.26 Å². The van der Waals surface area contributed by atoms with Crippen LogP contribution in [0.25, 0.3) is 0 Å². The zero-order valence-electron chi connectivity index (χ0n) is 14.5. The lowest BCUT2D eigenvalue weighted by atomic mass is 10.1. The molecule has 0 aliphatic carbocycles. The lowest BCUT2D eigenvalue weighted by molar-refractivity contribution is -0.123. The Hall–Kier alpha value is -1.51. The summed E-state index contributed by atoms with van der Waals surface area (Å²) < 4.78 is 10.3. The normalized spacial score (nSPS) is 23.0. The molecule has 1 aromatic heterocycles. The first-order chi connectivity index (χ1) is 11.6. The van der Waals surface area contributed by atoms with Gasteiger partial charge in [-0.2, -0.15) is 4.98 Å². The Bertz CT molecular complexity index is 544. The molecular weight excluding hydrogens is 310 g/mol. The molecular formula is C16H27N5O3. The van der Waals surface area contributed by atoms with Crippen LogP contribution in [0.4, 0.5) is 0 Å². The molecule has 2 aliphatic heterocycles. The van der Waals surface area contributed by atoms with E-state index in [0.717, 1.165) is 45.6 Å². The van der Waals surface area contributed by atoms with Crippen molar-refractivity contribution in [2.24, 2.45) is 0 Å². The van der Waals surface area contributed by atoms with Crippen molar-refractivity contribution in [3.63, 3.8) is 0 Å². The van der Waals surface area contributed by atoms with Gasteiger partial charge in [-0.3, -0.25) is 14.6 Å². The number of likely N-dealkylation sites (N-methyl/N-ethyl adjacent to an activating group) is 1. The highest BCUT2D eigenvalue weighted by molar-refractivity contribution is 5.78. The highest BCUT2D eigenvalue weighted by Gasteiger charge is 2.28. The minimum Gasteiger partial charge on any atom is -0.381 e. The molecule has 0 radical (unpaired) electrons. The minimum atomic E-state index is 0.124. The molecule has 0 spiro atoms. The summed E-state index contributed by atoms with van der Waals surface area (Å²) in [6.07, 6.45) is 2.89. The average molecular weight is 337 g/mol. The van der Waals surface area contributed by atoms with Gasteiger partial charge in [-0.15, -0.1) is 0 Å². The highest BCUT2D eigenvalue weighted by Crippen LogP contribution is 2.16. The maximum Gasteiger partial charge on any atom is 0.234 e. The lowest BCUT2D eigenvalue weighted by Gasteiger charge is -2.25. The van der Waals surface area contributed by atoms with Crippen LogP contribution in [0.15, 0.2) is 4.52 Å². The molecule has 0 bridgehead atoms. The van der Waals surface area contributed by atoms with Crippen molar-refractivity contribution in [1.29, 1.82) is 0 Å². The smallest absolute Gasteiger partial charge is 0.234 e. The van der Waals surface area contributed by atoms with Crippen molar-refractivity contribution < 1.29 is 14.1 Å². The van der Waals surface area contributed by atoms with Gasteiger partial charge in [0.2, 0.25) is 11.8 Å². The predicted molar refractivity (Wildman–Crippen MR) is 87.3 cm³/mol. The number of nitrogens with zero attached hydrogens (tertiary/aromatic N) is 4. The molecule has 3 rings (SSSR count). The van der Waals surface area contributed by atoms with Gasteiger partial charge in [-0.25, -0.2) is 0 Å². The Kier molecular flexibility index (Phi) is 5.80. The Morgan fingerprint density at radius 1 is 1.38 bits per heavy atom. The molecule has 8 heteroatoms. The third-order valence-electron chi connectivity index (χ3n) is 4.78. The topological polar surface area (TPSA) is 83.7 Å². The number of rotatable bonds is 6. The molecule has 2 saturated heterocycles. The van der Waals surface area contributed by atoms with Crippen LogP contribution >= 0.6 is 0 Å². The van der Waals surface area contributed by atoms with Crippen LogP contribution in [0.1, 0.15) is 31.0 Å². The largest absolute Gasteiger partial charge is 0.381 e. The van der Waals surface area contributed by atoms with Crippen LogP contribution < -0.4 is 5.32 Å². The summed E-state index contributed by atoms with van der Waals surface area (Å²) in [5, 5.41) is 7.07.